The number of halogens is 1. The summed E-state index contributed by atoms with van der Waals surface area (Å²) in [6.07, 6.45) is 6.05. The van der Waals surface area contributed by atoms with Crippen molar-refractivity contribution in [2.45, 2.75) is 32.1 Å². The lowest BCUT2D eigenvalue weighted by molar-refractivity contribution is 0.318. The van der Waals surface area contributed by atoms with E-state index in [1.807, 2.05) is 6.20 Å². The minimum absolute atomic E-state index is 0.495. The molecular formula is C13H19ClN2. The minimum atomic E-state index is 0.495. The molecule has 2 nitrogen and oxygen atoms in total. The van der Waals surface area contributed by atoms with Crippen LogP contribution in [-0.2, 0) is 5.88 Å². The van der Waals surface area contributed by atoms with Gasteiger partial charge in [-0.15, -0.1) is 11.6 Å². The molecule has 2 rings (SSSR count). The largest absolute Gasteiger partial charge is 0.371 e. The van der Waals surface area contributed by atoms with Gasteiger partial charge < -0.3 is 4.90 Å². The third kappa shape index (κ3) is 2.67. The molecule has 0 atom stereocenters. The van der Waals surface area contributed by atoms with E-state index < -0.39 is 0 Å². The molecular weight excluding hydrogens is 220 g/mol. The van der Waals surface area contributed by atoms with Gasteiger partial charge in [0.25, 0.3) is 0 Å². The Labute approximate surface area is 103 Å². The molecule has 1 fully saturated rings. The van der Waals surface area contributed by atoms with Crippen molar-refractivity contribution in [2.75, 3.05) is 18.0 Å². The summed E-state index contributed by atoms with van der Waals surface area (Å²) >= 11 is 5.81. The van der Waals surface area contributed by atoms with E-state index in [4.69, 9.17) is 11.6 Å². The average Bonchev–Trinajstić information content (AvgIpc) is 2.28. The molecule has 1 aromatic heterocycles. The van der Waals surface area contributed by atoms with Gasteiger partial charge in [-0.1, -0.05) is 6.42 Å². The number of nitrogens with zero attached hydrogens (tertiary/aromatic N) is 2. The van der Waals surface area contributed by atoms with Crippen LogP contribution >= 0.6 is 11.6 Å². The maximum atomic E-state index is 5.81. The first-order valence-electron chi connectivity index (χ1n) is 6.09. The van der Waals surface area contributed by atoms with E-state index in [9.17, 15) is 0 Å². The van der Waals surface area contributed by atoms with Crippen molar-refractivity contribution < 1.29 is 0 Å². The molecule has 1 aromatic rings. The summed E-state index contributed by atoms with van der Waals surface area (Å²) in [5.74, 6) is 1.39. The highest BCUT2D eigenvalue weighted by molar-refractivity contribution is 6.16. The summed E-state index contributed by atoms with van der Waals surface area (Å²) in [6, 6.07) is 4.19. The van der Waals surface area contributed by atoms with Crippen molar-refractivity contribution in [1.29, 1.82) is 0 Å². The monoisotopic (exact) mass is 238 g/mol. The SMILES string of the molecule is CCN(CC1CCC1)c1ccnc(CCl)c1. The molecule has 3 heteroatoms. The van der Waals surface area contributed by atoms with Gasteiger partial charge in [0.15, 0.2) is 0 Å². The first-order chi connectivity index (χ1) is 7.83. The Balaban J connectivity index is 2.05. The van der Waals surface area contributed by atoms with Gasteiger partial charge in [-0.2, -0.15) is 0 Å². The van der Waals surface area contributed by atoms with Crippen LogP contribution < -0.4 is 4.90 Å². The van der Waals surface area contributed by atoms with Gasteiger partial charge in [0.2, 0.25) is 0 Å². The fourth-order valence-corrected chi connectivity index (χ4v) is 2.29. The molecule has 0 amide bonds. The zero-order valence-electron chi connectivity index (χ0n) is 9.82. The fraction of sp³-hybridized carbons (Fsp3) is 0.615. The van der Waals surface area contributed by atoms with E-state index in [0.717, 1.165) is 18.2 Å². The van der Waals surface area contributed by atoms with Crippen molar-refractivity contribution in [2.24, 2.45) is 5.92 Å². The zero-order valence-corrected chi connectivity index (χ0v) is 10.6. The number of anilines is 1. The van der Waals surface area contributed by atoms with Gasteiger partial charge >= 0.3 is 0 Å². The fourth-order valence-electron chi connectivity index (χ4n) is 2.14. The topological polar surface area (TPSA) is 16.1 Å². The van der Waals surface area contributed by atoms with Crippen LogP contribution in [0.2, 0.25) is 0 Å². The van der Waals surface area contributed by atoms with Crippen molar-refractivity contribution in [3.05, 3.63) is 24.0 Å². The highest BCUT2D eigenvalue weighted by Gasteiger charge is 2.20. The summed E-state index contributed by atoms with van der Waals surface area (Å²) in [7, 11) is 0. The zero-order chi connectivity index (χ0) is 11.4. The van der Waals surface area contributed by atoms with Crippen molar-refractivity contribution in [1.82, 2.24) is 4.98 Å². The lowest BCUT2D eigenvalue weighted by Crippen LogP contribution is -2.32. The molecule has 0 unspecified atom stereocenters. The Kier molecular flexibility index (Phi) is 4.05. The predicted octanol–water partition coefficient (Wildman–Crippen LogP) is 3.45. The molecule has 0 saturated heterocycles. The Morgan fingerprint density at radius 2 is 2.31 bits per heavy atom. The second kappa shape index (κ2) is 5.53. The van der Waals surface area contributed by atoms with Gasteiger partial charge in [-0.3, -0.25) is 4.98 Å². The molecule has 0 bridgehead atoms. The van der Waals surface area contributed by atoms with Crippen LogP contribution in [0.4, 0.5) is 5.69 Å². The van der Waals surface area contributed by atoms with Crippen LogP contribution in [0, 0.1) is 5.92 Å². The first kappa shape index (κ1) is 11.7. The van der Waals surface area contributed by atoms with Crippen LogP contribution in [0.25, 0.3) is 0 Å². The quantitative estimate of drug-likeness (QED) is 0.731. The number of rotatable bonds is 5. The van der Waals surface area contributed by atoms with E-state index in [1.54, 1.807) is 0 Å². The van der Waals surface area contributed by atoms with Crippen LogP contribution in [0.1, 0.15) is 31.9 Å². The van der Waals surface area contributed by atoms with Gasteiger partial charge in [0, 0.05) is 25.0 Å². The van der Waals surface area contributed by atoms with Crippen LogP contribution in [-0.4, -0.2) is 18.1 Å². The first-order valence-corrected chi connectivity index (χ1v) is 6.62. The average molecular weight is 239 g/mol. The third-order valence-corrected chi connectivity index (χ3v) is 3.66. The summed E-state index contributed by atoms with van der Waals surface area (Å²) < 4.78 is 0. The maximum absolute atomic E-state index is 5.81. The van der Waals surface area contributed by atoms with Gasteiger partial charge in [0.1, 0.15) is 0 Å². The van der Waals surface area contributed by atoms with E-state index in [1.165, 1.54) is 31.5 Å². The summed E-state index contributed by atoms with van der Waals surface area (Å²) in [5, 5.41) is 0. The highest BCUT2D eigenvalue weighted by atomic mass is 35.5. The maximum Gasteiger partial charge on any atom is 0.0648 e. The van der Waals surface area contributed by atoms with Crippen molar-refractivity contribution >= 4 is 17.3 Å². The lowest BCUT2D eigenvalue weighted by Gasteiger charge is -2.33. The second-order valence-electron chi connectivity index (χ2n) is 4.47. The van der Waals surface area contributed by atoms with Gasteiger partial charge in [-0.05, 0) is 37.8 Å². The van der Waals surface area contributed by atoms with Crippen LogP contribution in [0.5, 0.6) is 0 Å². The normalized spacial score (nSPS) is 15.9. The predicted molar refractivity (Wildman–Crippen MR) is 69.0 cm³/mol. The standard InChI is InChI=1S/C13H19ClN2/c1-2-16(10-11-4-3-5-11)13-6-7-15-12(8-13)9-14/h6-8,11H,2-5,9-10H2,1H3. The minimum Gasteiger partial charge on any atom is -0.371 e. The summed E-state index contributed by atoms with van der Waals surface area (Å²) in [5.41, 5.74) is 2.23. The molecule has 1 saturated carbocycles. The van der Waals surface area contributed by atoms with Crippen molar-refractivity contribution in [3.8, 4) is 0 Å². The highest BCUT2D eigenvalue weighted by Crippen LogP contribution is 2.28. The molecule has 88 valence electrons. The lowest BCUT2D eigenvalue weighted by atomic mass is 9.85. The number of aromatic nitrogens is 1. The van der Waals surface area contributed by atoms with E-state index in [-0.39, 0.29) is 0 Å². The van der Waals surface area contributed by atoms with E-state index in [0.29, 0.717) is 5.88 Å². The Morgan fingerprint density at radius 3 is 2.88 bits per heavy atom. The smallest absolute Gasteiger partial charge is 0.0648 e. The Hall–Kier alpha value is -0.760. The Bertz CT molecular complexity index is 336. The molecule has 0 radical (unpaired) electrons. The van der Waals surface area contributed by atoms with E-state index in [2.05, 4.69) is 28.9 Å². The summed E-state index contributed by atoms with van der Waals surface area (Å²) in [4.78, 5) is 6.66. The molecule has 16 heavy (non-hydrogen) atoms. The van der Waals surface area contributed by atoms with Crippen molar-refractivity contribution in [3.63, 3.8) is 0 Å². The van der Waals surface area contributed by atoms with Gasteiger partial charge in [0.05, 0.1) is 11.6 Å². The molecule has 0 aromatic carbocycles. The molecule has 0 aliphatic heterocycles. The number of hydrogen-bond acceptors (Lipinski definition) is 2. The van der Waals surface area contributed by atoms with E-state index >= 15 is 0 Å². The second-order valence-corrected chi connectivity index (χ2v) is 4.74. The Morgan fingerprint density at radius 1 is 1.50 bits per heavy atom. The van der Waals surface area contributed by atoms with Crippen LogP contribution in [0.15, 0.2) is 18.3 Å². The third-order valence-electron chi connectivity index (χ3n) is 3.39. The molecule has 1 heterocycles. The molecule has 0 N–H and O–H groups in total. The molecule has 1 aliphatic rings. The summed E-state index contributed by atoms with van der Waals surface area (Å²) in [6.45, 7) is 4.45. The number of alkyl halides is 1. The molecule has 0 spiro atoms. The number of pyridine rings is 1. The molecule has 1 aliphatic carbocycles. The van der Waals surface area contributed by atoms with Crippen LogP contribution in [0.3, 0.4) is 0 Å². The number of hydrogen-bond donors (Lipinski definition) is 0. The van der Waals surface area contributed by atoms with Gasteiger partial charge in [-0.25, -0.2) is 0 Å².